The van der Waals surface area contributed by atoms with Crippen molar-refractivity contribution in [1.29, 1.82) is 5.53 Å². The largest absolute Gasteiger partial charge is 0.506 e. The Labute approximate surface area is 110 Å². The Bertz CT molecular complexity index is 493. The molecule has 3 N–H and O–H groups in total. The lowest BCUT2D eigenvalue weighted by Crippen LogP contribution is -2.33. The maximum atomic E-state index is 13.8. The van der Waals surface area contributed by atoms with E-state index >= 15 is 0 Å². The Hall–Kier alpha value is -2.18. The number of amides is 2. The van der Waals surface area contributed by atoms with Crippen LogP contribution in [0.3, 0.4) is 0 Å². The Balaban J connectivity index is 3.34. The molecule has 7 heteroatoms. The predicted molar refractivity (Wildman–Crippen MR) is 68.9 cm³/mol. The van der Waals surface area contributed by atoms with E-state index in [4.69, 9.17) is 5.53 Å². The number of phenolic OH excluding ortho intramolecular Hbond substituents is 1. The zero-order valence-electron chi connectivity index (χ0n) is 11.1. The van der Waals surface area contributed by atoms with Gasteiger partial charge in [-0.2, -0.15) is 10.5 Å². The molecule has 0 aliphatic carbocycles. The van der Waals surface area contributed by atoms with Crippen LogP contribution in [0, 0.1) is 11.3 Å². The van der Waals surface area contributed by atoms with Gasteiger partial charge in [0.1, 0.15) is 17.3 Å². The summed E-state index contributed by atoms with van der Waals surface area (Å²) in [7, 11) is 1.37. The highest BCUT2D eigenvalue weighted by atomic mass is 19.1. The highest BCUT2D eigenvalue weighted by Gasteiger charge is 2.21. The number of hydrogen-bond acceptors (Lipinski definition) is 4. The number of nitrogens with zero attached hydrogens (tertiary/aromatic N) is 2. The van der Waals surface area contributed by atoms with Crippen molar-refractivity contribution in [3.63, 3.8) is 0 Å². The van der Waals surface area contributed by atoms with Gasteiger partial charge in [0, 0.05) is 13.1 Å². The first-order valence-electron chi connectivity index (χ1n) is 5.87. The standard InChI is InChI=1S/C12H17FN4O2/c1-4-7(2)8-5-10(11(18)6-9(8)13)17(16-14)12(19)15-3/h5-7,14,18H,4H2,1-3H3,(H,15,19). The van der Waals surface area contributed by atoms with Gasteiger partial charge in [-0.25, -0.2) is 9.18 Å². The molecule has 1 aromatic rings. The first-order chi connectivity index (χ1) is 8.96. The Kier molecular flexibility index (Phi) is 4.80. The van der Waals surface area contributed by atoms with E-state index in [9.17, 15) is 14.3 Å². The quantitative estimate of drug-likeness (QED) is 0.578. The van der Waals surface area contributed by atoms with Crippen LogP contribution < -0.4 is 10.3 Å². The molecule has 1 atom stereocenters. The number of aromatic hydroxyl groups is 1. The summed E-state index contributed by atoms with van der Waals surface area (Å²) in [6.45, 7) is 3.74. The first kappa shape index (κ1) is 14.9. The molecule has 1 aromatic carbocycles. The van der Waals surface area contributed by atoms with Gasteiger partial charge in [0.15, 0.2) is 0 Å². The van der Waals surface area contributed by atoms with E-state index in [1.165, 1.54) is 13.1 Å². The van der Waals surface area contributed by atoms with Crippen molar-refractivity contribution in [1.82, 2.24) is 5.32 Å². The minimum atomic E-state index is -0.688. The summed E-state index contributed by atoms with van der Waals surface area (Å²) in [5.74, 6) is -1.06. The molecular weight excluding hydrogens is 251 g/mol. The van der Waals surface area contributed by atoms with Crippen molar-refractivity contribution < 1.29 is 14.3 Å². The number of anilines is 1. The number of halogens is 1. The van der Waals surface area contributed by atoms with Gasteiger partial charge < -0.3 is 10.4 Å². The molecule has 0 spiro atoms. The Morgan fingerprint density at radius 3 is 2.74 bits per heavy atom. The lowest BCUT2D eigenvalue weighted by molar-refractivity contribution is 0.247. The molecule has 2 amide bonds. The summed E-state index contributed by atoms with van der Waals surface area (Å²) in [6, 6.07) is 1.58. The smallest absolute Gasteiger partial charge is 0.343 e. The maximum Gasteiger partial charge on any atom is 0.343 e. The predicted octanol–water partition coefficient (Wildman–Crippen LogP) is 3.14. The molecule has 1 rings (SSSR count). The van der Waals surface area contributed by atoms with Crippen LogP contribution >= 0.6 is 0 Å². The minimum Gasteiger partial charge on any atom is -0.506 e. The molecular formula is C12H17FN4O2. The number of nitrogens with one attached hydrogen (secondary N) is 2. The van der Waals surface area contributed by atoms with Crippen LogP contribution in [0.4, 0.5) is 14.9 Å². The van der Waals surface area contributed by atoms with E-state index in [0.29, 0.717) is 17.0 Å². The third-order valence-electron chi connectivity index (χ3n) is 2.97. The average Bonchev–Trinajstić information content (AvgIpc) is 2.40. The van der Waals surface area contributed by atoms with E-state index in [-0.39, 0.29) is 11.6 Å². The summed E-state index contributed by atoms with van der Waals surface area (Å²) < 4.78 is 13.8. The van der Waals surface area contributed by atoms with Crippen molar-refractivity contribution in [2.75, 3.05) is 12.1 Å². The molecule has 1 unspecified atom stereocenters. The molecule has 0 aliphatic heterocycles. The fraction of sp³-hybridized carbons (Fsp3) is 0.417. The van der Waals surface area contributed by atoms with Crippen LogP contribution in [-0.4, -0.2) is 18.2 Å². The number of carbonyl (C=O) groups excluding carboxylic acids is 1. The van der Waals surface area contributed by atoms with Gasteiger partial charge >= 0.3 is 6.03 Å². The Morgan fingerprint density at radius 2 is 2.26 bits per heavy atom. The Morgan fingerprint density at radius 1 is 1.63 bits per heavy atom. The summed E-state index contributed by atoms with van der Waals surface area (Å²) in [5, 5.41) is 15.7. The highest BCUT2D eigenvalue weighted by molar-refractivity contribution is 5.92. The van der Waals surface area contributed by atoms with Gasteiger partial charge in [0.05, 0.1) is 0 Å². The van der Waals surface area contributed by atoms with E-state index < -0.39 is 17.6 Å². The van der Waals surface area contributed by atoms with Crippen LogP contribution in [-0.2, 0) is 0 Å². The molecule has 19 heavy (non-hydrogen) atoms. The first-order valence-corrected chi connectivity index (χ1v) is 5.87. The van der Waals surface area contributed by atoms with Crippen LogP contribution in [0.5, 0.6) is 5.75 Å². The molecule has 0 saturated heterocycles. The van der Waals surface area contributed by atoms with Gasteiger partial charge in [-0.05, 0) is 24.0 Å². The van der Waals surface area contributed by atoms with Crippen LogP contribution in [0.1, 0.15) is 31.7 Å². The number of carbonyl (C=O) groups is 1. The van der Waals surface area contributed by atoms with Crippen molar-refractivity contribution >= 4 is 11.7 Å². The molecule has 0 fully saturated rings. The molecule has 0 heterocycles. The summed E-state index contributed by atoms with van der Waals surface area (Å²) in [5.41, 5.74) is 7.34. The van der Waals surface area contributed by atoms with Crippen LogP contribution in [0.25, 0.3) is 0 Å². The second-order valence-corrected chi connectivity index (χ2v) is 4.14. The lowest BCUT2D eigenvalue weighted by Gasteiger charge is -2.19. The second-order valence-electron chi connectivity index (χ2n) is 4.14. The van der Waals surface area contributed by atoms with Crippen molar-refractivity contribution in [2.24, 2.45) is 5.22 Å². The van der Waals surface area contributed by atoms with Gasteiger partial charge in [0.2, 0.25) is 0 Å². The third kappa shape index (κ3) is 2.98. The van der Waals surface area contributed by atoms with Crippen molar-refractivity contribution in [3.05, 3.63) is 23.5 Å². The lowest BCUT2D eigenvalue weighted by atomic mass is 9.97. The van der Waals surface area contributed by atoms with E-state index in [1.807, 2.05) is 13.8 Å². The monoisotopic (exact) mass is 268 g/mol. The molecule has 0 aromatic heterocycles. The van der Waals surface area contributed by atoms with Crippen LogP contribution in [0.15, 0.2) is 17.4 Å². The molecule has 0 bridgehead atoms. The molecule has 0 saturated carbocycles. The highest BCUT2D eigenvalue weighted by Crippen LogP contribution is 2.34. The van der Waals surface area contributed by atoms with E-state index in [1.54, 1.807) is 0 Å². The van der Waals surface area contributed by atoms with Gasteiger partial charge in [-0.1, -0.05) is 19.1 Å². The summed E-state index contributed by atoms with van der Waals surface area (Å²) in [6.07, 6.45) is 0.707. The molecule has 0 radical (unpaired) electrons. The van der Waals surface area contributed by atoms with Crippen LogP contribution in [0.2, 0.25) is 0 Å². The minimum absolute atomic E-state index is 0.0222. The van der Waals surface area contributed by atoms with Crippen molar-refractivity contribution in [3.8, 4) is 5.75 Å². The topological polar surface area (TPSA) is 88.8 Å². The zero-order chi connectivity index (χ0) is 14.6. The normalized spacial score (nSPS) is 11.8. The number of benzene rings is 1. The molecule has 6 nitrogen and oxygen atoms in total. The summed E-state index contributed by atoms with van der Waals surface area (Å²) >= 11 is 0. The van der Waals surface area contributed by atoms with Crippen molar-refractivity contribution in [2.45, 2.75) is 26.2 Å². The number of rotatable bonds is 4. The van der Waals surface area contributed by atoms with Gasteiger partial charge in [0.25, 0.3) is 0 Å². The number of hydrogen-bond donors (Lipinski definition) is 3. The fourth-order valence-corrected chi connectivity index (χ4v) is 1.65. The maximum absolute atomic E-state index is 13.8. The van der Waals surface area contributed by atoms with Gasteiger partial charge in [-0.15, -0.1) is 0 Å². The van der Waals surface area contributed by atoms with E-state index in [2.05, 4.69) is 10.5 Å². The number of phenols is 1. The molecule has 104 valence electrons. The summed E-state index contributed by atoms with van der Waals surface area (Å²) in [4.78, 5) is 11.5. The average molecular weight is 268 g/mol. The van der Waals surface area contributed by atoms with Gasteiger partial charge in [-0.3, -0.25) is 0 Å². The fourth-order valence-electron chi connectivity index (χ4n) is 1.65. The van der Waals surface area contributed by atoms with E-state index in [0.717, 1.165) is 6.07 Å². The molecule has 0 aliphatic rings. The number of urea groups is 1. The zero-order valence-corrected chi connectivity index (χ0v) is 11.1. The second kappa shape index (κ2) is 6.12. The third-order valence-corrected chi connectivity index (χ3v) is 2.97. The SMILES string of the molecule is CCC(C)c1cc(N(N=N)C(=O)NC)c(O)cc1F.